The maximum atomic E-state index is 14.9. The Balaban J connectivity index is 2.25. The quantitative estimate of drug-likeness (QED) is 0.620. The molecule has 1 aromatic carbocycles. The number of carbonyl (C=O) groups is 1. The topological polar surface area (TPSA) is 59.0 Å². The molecule has 1 N–H and O–H groups in total. The second kappa shape index (κ2) is 8.11. The number of carbonyl (C=O) groups excluding carboxylic acids is 1. The van der Waals surface area contributed by atoms with E-state index in [2.05, 4.69) is 0 Å². The molecule has 8 heteroatoms. The highest BCUT2D eigenvalue weighted by Gasteiger charge is 2.41. The first-order valence-electron chi connectivity index (χ1n) is 10.8. The minimum absolute atomic E-state index is 0.0307. The summed E-state index contributed by atoms with van der Waals surface area (Å²) >= 11 is 0. The molecule has 0 aliphatic carbocycles. The van der Waals surface area contributed by atoms with Gasteiger partial charge in [0.15, 0.2) is 17.4 Å². The zero-order chi connectivity index (χ0) is 24.0. The molecule has 0 spiro atoms. The van der Waals surface area contributed by atoms with Gasteiger partial charge in [-0.25, -0.2) is 13.6 Å². The average Bonchev–Trinajstić information content (AvgIpc) is 2.55. The molecule has 1 fully saturated rings. The largest absolute Gasteiger partial charge is 0.540 e. The van der Waals surface area contributed by atoms with Crippen molar-refractivity contribution in [3.63, 3.8) is 0 Å². The molecule has 1 aliphatic rings. The highest BCUT2D eigenvalue weighted by Crippen LogP contribution is 2.41. The second-order valence-electron chi connectivity index (χ2n) is 10.5. The number of ether oxygens (including phenoxy) is 1. The van der Waals surface area contributed by atoms with Crippen LogP contribution in [0.25, 0.3) is 0 Å². The number of halogens is 2. The Bertz CT molecular complexity index is 815. The first kappa shape index (κ1) is 23.0. The van der Waals surface area contributed by atoms with E-state index in [1.165, 1.54) is 4.90 Å². The van der Waals surface area contributed by atoms with Crippen molar-refractivity contribution in [3.05, 3.63) is 29.3 Å². The number of rotatable bonds is 3. The van der Waals surface area contributed by atoms with Crippen LogP contribution in [-0.4, -0.2) is 43.1 Å². The van der Waals surface area contributed by atoms with Crippen LogP contribution >= 0.6 is 0 Å². The van der Waals surface area contributed by atoms with Crippen molar-refractivity contribution < 1.29 is 29.2 Å². The number of piperidine rings is 1. The van der Waals surface area contributed by atoms with Gasteiger partial charge in [0.1, 0.15) is 5.60 Å². The molecule has 170 valence electrons. The predicted molar refractivity (Wildman–Crippen MR) is 115 cm³/mol. The van der Waals surface area contributed by atoms with E-state index in [0.29, 0.717) is 0 Å². The van der Waals surface area contributed by atoms with Crippen molar-refractivity contribution in [2.24, 2.45) is 0 Å². The number of nitrogens with zero attached hydrogens (tertiary/aromatic N) is 1. The van der Waals surface area contributed by atoms with E-state index in [4.69, 9.17) is 10.5 Å². The van der Waals surface area contributed by atoms with E-state index in [1.54, 1.807) is 20.8 Å². The normalized spacial score (nSPS) is 23.8. The van der Waals surface area contributed by atoms with E-state index in [0.717, 1.165) is 12.1 Å². The highest BCUT2D eigenvalue weighted by atomic mass is 28.4. The molecule has 1 aliphatic heterocycles. The van der Waals surface area contributed by atoms with Crippen molar-refractivity contribution in [1.82, 2.24) is 4.90 Å². The van der Waals surface area contributed by atoms with Gasteiger partial charge in [-0.05, 0) is 69.4 Å². The molecule has 1 amide bonds. The first-order chi connectivity index (χ1) is 13.9. The van der Waals surface area contributed by atoms with Crippen LogP contribution in [0, 0.1) is 11.6 Å². The fourth-order valence-corrected chi connectivity index (χ4v) is 3.85. The number of hydrogen-bond acceptors (Lipinski definition) is 4. The summed E-state index contributed by atoms with van der Waals surface area (Å²) in [6, 6.07) is 2.14. The summed E-state index contributed by atoms with van der Waals surface area (Å²) in [6.07, 6.45) is -0.804. The van der Waals surface area contributed by atoms with Crippen molar-refractivity contribution in [1.29, 1.82) is 0 Å². The Hall–Kier alpha value is -1.67. The summed E-state index contributed by atoms with van der Waals surface area (Å²) < 4.78 is 49.1. The summed E-state index contributed by atoms with van der Waals surface area (Å²) in [5.74, 6) is -2.21. The summed E-state index contributed by atoms with van der Waals surface area (Å²) in [4.78, 5) is 13.5. The molecular weight excluding hydrogens is 408 g/mol. The monoisotopic (exact) mass is 444 g/mol. The predicted octanol–water partition coefficient (Wildman–Crippen LogP) is 5.57. The van der Waals surface area contributed by atoms with E-state index in [-0.39, 0.29) is 30.0 Å². The molecule has 2 atom stereocenters. The van der Waals surface area contributed by atoms with Crippen LogP contribution in [0.4, 0.5) is 13.6 Å². The standard InChI is InChI=1S/C22H35F2NO4Si/c1-20(2,3)28-19(26)25-11-9-22(27,10-12-25)15-13-16(23)18(17(24)14-15)29-30(7,8)21(4,5)6/h13-14,27H,9-12H2,1-8H3/i11D. The van der Waals surface area contributed by atoms with Crippen LogP contribution in [0.2, 0.25) is 18.1 Å². The molecule has 5 nitrogen and oxygen atoms in total. The summed E-state index contributed by atoms with van der Waals surface area (Å²) in [5, 5.41) is 10.8. The Morgan fingerprint density at radius 3 is 2.13 bits per heavy atom. The fourth-order valence-electron chi connectivity index (χ4n) is 2.84. The van der Waals surface area contributed by atoms with Crippen LogP contribution < -0.4 is 4.43 Å². The molecule has 1 heterocycles. The van der Waals surface area contributed by atoms with E-state index in [1.807, 2.05) is 33.9 Å². The second-order valence-corrected chi connectivity index (χ2v) is 15.2. The SMILES string of the molecule is [2H]C1CC(O)(c2cc(F)c(O[Si](C)(C)C(C)(C)C)c(F)c2)CCN1C(=O)OC(C)(C)C. The van der Waals surface area contributed by atoms with Crippen LogP contribution in [0.1, 0.15) is 61.3 Å². The van der Waals surface area contributed by atoms with Gasteiger partial charge in [-0.3, -0.25) is 0 Å². The van der Waals surface area contributed by atoms with E-state index >= 15 is 0 Å². The fraction of sp³-hybridized carbons (Fsp3) is 0.682. The lowest BCUT2D eigenvalue weighted by Crippen LogP contribution is -2.47. The van der Waals surface area contributed by atoms with Crippen molar-refractivity contribution in [2.75, 3.05) is 13.1 Å². The van der Waals surface area contributed by atoms with Gasteiger partial charge >= 0.3 is 6.09 Å². The minimum atomic E-state index is -2.47. The molecule has 1 aromatic rings. The highest BCUT2D eigenvalue weighted by molar-refractivity contribution is 6.74. The maximum Gasteiger partial charge on any atom is 0.410 e. The Morgan fingerprint density at radius 1 is 1.17 bits per heavy atom. The van der Waals surface area contributed by atoms with Crippen LogP contribution in [0.15, 0.2) is 12.1 Å². The molecule has 0 aromatic heterocycles. The minimum Gasteiger partial charge on any atom is -0.540 e. The molecule has 0 bridgehead atoms. The summed E-state index contributed by atoms with van der Waals surface area (Å²) in [7, 11) is -2.47. The third-order valence-corrected chi connectivity index (χ3v) is 10.1. The van der Waals surface area contributed by atoms with Crippen molar-refractivity contribution in [3.8, 4) is 5.75 Å². The third kappa shape index (κ3) is 5.52. The number of likely N-dealkylation sites (tertiary alicyclic amines) is 1. The van der Waals surface area contributed by atoms with Crippen LogP contribution in [-0.2, 0) is 10.3 Å². The summed E-state index contributed by atoms with van der Waals surface area (Å²) in [5.41, 5.74) is -2.31. The Labute approximate surface area is 180 Å². The van der Waals surface area contributed by atoms with E-state index in [9.17, 15) is 18.7 Å². The van der Waals surface area contributed by atoms with Gasteiger partial charge in [0.2, 0.25) is 0 Å². The third-order valence-electron chi connectivity index (χ3n) is 5.74. The Kier molecular flexibility index (Phi) is 6.22. The molecule has 2 unspecified atom stereocenters. The van der Waals surface area contributed by atoms with Gasteiger partial charge in [-0.1, -0.05) is 20.8 Å². The zero-order valence-corrected chi connectivity index (χ0v) is 20.2. The van der Waals surface area contributed by atoms with Gasteiger partial charge < -0.3 is 19.2 Å². The number of amides is 1. The van der Waals surface area contributed by atoms with Crippen molar-refractivity contribution >= 4 is 14.4 Å². The van der Waals surface area contributed by atoms with Crippen molar-refractivity contribution in [2.45, 2.75) is 83.7 Å². The number of aliphatic hydroxyl groups is 1. The molecule has 0 saturated carbocycles. The number of benzene rings is 1. The lowest BCUT2D eigenvalue weighted by atomic mass is 9.84. The average molecular weight is 445 g/mol. The molecule has 2 rings (SSSR count). The number of hydrogen-bond donors (Lipinski definition) is 1. The first-order valence-corrected chi connectivity index (χ1v) is 13.1. The maximum absolute atomic E-state index is 14.9. The van der Waals surface area contributed by atoms with Crippen LogP contribution in [0.3, 0.4) is 0 Å². The van der Waals surface area contributed by atoms with Gasteiger partial charge in [0.25, 0.3) is 8.32 Å². The zero-order valence-electron chi connectivity index (χ0n) is 20.2. The summed E-state index contributed by atoms with van der Waals surface area (Å²) in [6.45, 7) is 13.8. The molecule has 0 radical (unpaired) electrons. The lowest BCUT2D eigenvalue weighted by Gasteiger charge is -2.39. The van der Waals surface area contributed by atoms with Gasteiger partial charge in [0, 0.05) is 14.4 Å². The molecule has 1 saturated heterocycles. The molecular formula is C22H35F2NO4Si. The Morgan fingerprint density at radius 2 is 1.70 bits per heavy atom. The smallest absolute Gasteiger partial charge is 0.410 e. The van der Waals surface area contributed by atoms with Gasteiger partial charge in [0.05, 0.1) is 5.60 Å². The lowest BCUT2D eigenvalue weighted by molar-refractivity contribution is -0.0359. The van der Waals surface area contributed by atoms with Crippen LogP contribution in [0.5, 0.6) is 5.75 Å². The van der Waals surface area contributed by atoms with Gasteiger partial charge in [-0.2, -0.15) is 0 Å². The van der Waals surface area contributed by atoms with Gasteiger partial charge in [-0.15, -0.1) is 0 Å². The molecule has 30 heavy (non-hydrogen) atoms. The van der Waals surface area contributed by atoms with E-state index < -0.39 is 49.5 Å².